The highest BCUT2D eigenvalue weighted by molar-refractivity contribution is 5.75. The fraction of sp³-hybridized carbons (Fsp3) is 0.318. The average Bonchev–Trinajstić information content (AvgIpc) is 3.26. The maximum absolute atomic E-state index is 12.0. The zero-order valence-corrected chi connectivity index (χ0v) is 17.1. The van der Waals surface area contributed by atoms with E-state index in [2.05, 4.69) is 15.5 Å². The molecule has 3 rings (SSSR count). The Balaban J connectivity index is 1.35. The van der Waals surface area contributed by atoms with E-state index in [0.717, 1.165) is 11.3 Å². The molecule has 0 radical (unpaired) electrons. The monoisotopic (exact) mass is 411 g/mol. The van der Waals surface area contributed by atoms with Crippen LogP contribution in [-0.4, -0.2) is 43.4 Å². The summed E-state index contributed by atoms with van der Waals surface area (Å²) < 4.78 is 21.3. The van der Waals surface area contributed by atoms with Crippen molar-refractivity contribution in [2.75, 3.05) is 27.4 Å². The lowest BCUT2D eigenvalue weighted by Crippen LogP contribution is -2.27. The van der Waals surface area contributed by atoms with Crippen molar-refractivity contribution in [2.24, 2.45) is 0 Å². The maximum atomic E-state index is 12.0. The van der Waals surface area contributed by atoms with Crippen LogP contribution in [0.2, 0.25) is 0 Å². The predicted molar refractivity (Wildman–Crippen MR) is 111 cm³/mol. The van der Waals surface area contributed by atoms with Crippen molar-refractivity contribution in [1.82, 2.24) is 15.5 Å². The third kappa shape index (κ3) is 5.97. The molecule has 30 heavy (non-hydrogen) atoms. The summed E-state index contributed by atoms with van der Waals surface area (Å²) in [7, 11) is 3.21. The summed E-state index contributed by atoms with van der Waals surface area (Å²) >= 11 is 0. The second kappa shape index (κ2) is 10.8. The molecule has 0 aliphatic heterocycles. The molecule has 158 valence electrons. The summed E-state index contributed by atoms with van der Waals surface area (Å²) in [5.74, 6) is 3.06. The smallest absolute Gasteiger partial charge is 0.226 e. The van der Waals surface area contributed by atoms with Crippen LogP contribution < -0.4 is 19.5 Å². The van der Waals surface area contributed by atoms with Gasteiger partial charge < -0.3 is 24.1 Å². The van der Waals surface area contributed by atoms with E-state index in [9.17, 15) is 4.79 Å². The second-order valence-corrected chi connectivity index (χ2v) is 6.44. The van der Waals surface area contributed by atoms with Gasteiger partial charge in [0.25, 0.3) is 0 Å². The van der Waals surface area contributed by atoms with Crippen LogP contribution in [0.25, 0.3) is 11.4 Å². The Bertz CT molecular complexity index is 940. The summed E-state index contributed by atoms with van der Waals surface area (Å²) in [6.45, 7) is 0.778. The van der Waals surface area contributed by atoms with E-state index in [-0.39, 0.29) is 5.91 Å². The molecule has 0 spiro atoms. The number of nitrogens with one attached hydrogen (secondary N) is 1. The van der Waals surface area contributed by atoms with E-state index in [1.54, 1.807) is 14.2 Å². The lowest BCUT2D eigenvalue weighted by atomic mass is 10.2. The SMILES string of the molecule is COc1ccc(-c2noc(CCCC(=O)NCCOc3ccccc3OC)n2)cc1. The number of carbonyl (C=O) groups is 1. The number of aromatic nitrogens is 2. The molecule has 3 aromatic rings. The highest BCUT2D eigenvalue weighted by atomic mass is 16.5. The Morgan fingerprint density at radius 2 is 1.80 bits per heavy atom. The molecule has 0 saturated carbocycles. The third-order valence-corrected chi connectivity index (χ3v) is 4.36. The third-order valence-electron chi connectivity index (χ3n) is 4.36. The Morgan fingerprint density at radius 1 is 1.03 bits per heavy atom. The average molecular weight is 411 g/mol. The first kappa shape index (κ1) is 21.2. The van der Waals surface area contributed by atoms with Crippen LogP contribution in [0.5, 0.6) is 17.2 Å². The van der Waals surface area contributed by atoms with Gasteiger partial charge in [0.05, 0.1) is 20.8 Å². The number of carbonyl (C=O) groups excluding carboxylic acids is 1. The van der Waals surface area contributed by atoms with Crippen LogP contribution in [0, 0.1) is 0 Å². The summed E-state index contributed by atoms with van der Waals surface area (Å²) in [4.78, 5) is 16.4. The molecule has 0 fully saturated rings. The lowest BCUT2D eigenvalue weighted by molar-refractivity contribution is -0.121. The van der Waals surface area contributed by atoms with E-state index >= 15 is 0 Å². The van der Waals surface area contributed by atoms with Crippen molar-refractivity contribution in [1.29, 1.82) is 0 Å². The molecule has 2 aromatic carbocycles. The normalized spacial score (nSPS) is 10.5. The largest absolute Gasteiger partial charge is 0.497 e. The van der Waals surface area contributed by atoms with Crippen LogP contribution >= 0.6 is 0 Å². The number of hydrogen-bond acceptors (Lipinski definition) is 7. The quantitative estimate of drug-likeness (QED) is 0.484. The summed E-state index contributed by atoms with van der Waals surface area (Å²) in [5, 5.41) is 6.82. The maximum Gasteiger partial charge on any atom is 0.226 e. The fourth-order valence-electron chi connectivity index (χ4n) is 2.79. The first-order valence-corrected chi connectivity index (χ1v) is 9.69. The van der Waals surface area contributed by atoms with Crippen LogP contribution in [-0.2, 0) is 11.2 Å². The van der Waals surface area contributed by atoms with Crippen molar-refractivity contribution >= 4 is 5.91 Å². The Labute approximate surface area is 175 Å². The number of hydrogen-bond donors (Lipinski definition) is 1. The Morgan fingerprint density at radius 3 is 2.53 bits per heavy atom. The number of aryl methyl sites for hydroxylation is 1. The Hall–Kier alpha value is -3.55. The summed E-state index contributed by atoms with van der Waals surface area (Å²) in [6.07, 6.45) is 1.52. The van der Waals surface area contributed by atoms with Gasteiger partial charge in [0, 0.05) is 18.4 Å². The van der Waals surface area contributed by atoms with Gasteiger partial charge in [0.1, 0.15) is 12.4 Å². The van der Waals surface area contributed by atoms with Crippen LogP contribution in [0.1, 0.15) is 18.7 Å². The van der Waals surface area contributed by atoms with Crippen molar-refractivity contribution in [3.8, 4) is 28.6 Å². The number of nitrogens with zero attached hydrogens (tertiary/aromatic N) is 2. The van der Waals surface area contributed by atoms with Crippen LogP contribution in [0.4, 0.5) is 0 Å². The van der Waals surface area contributed by atoms with Gasteiger partial charge in [-0.2, -0.15) is 4.98 Å². The van der Waals surface area contributed by atoms with E-state index < -0.39 is 0 Å². The molecular formula is C22H25N3O5. The minimum atomic E-state index is -0.0477. The molecule has 0 bridgehead atoms. The second-order valence-electron chi connectivity index (χ2n) is 6.44. The molecule has 8 heteroatoms. The molecular weight excluding hydrogens is 386 g/mol. The van der Waals surface area contributed by atoms with Crippen molar-refractivity contribution in [3.63, 3.8) is 0 Å². The fourth-order valence-corrected chi connectivity index (χ4v) is 2.79. The van der Waals surface area contributed by atoms with Gasteiger partial charge in [0.2, 0.25) is 17.6 Å². The first-order valence-electron chi connectivity index (χ1n) is 9.69. The van der Waals surface area contributed by atoms with Gasteiger partial charge >= 0.3 is 0 Å². The Kier molecular flexibility index (Phi) is 7.65. The number of amides is 1. The molecule has 0 unspecified atom stereocenters. The number of ether oxygens (including phenoxy) is 3. The van der Waals surface area contributed by atoms with Crippen molar-refractivity contribution < 1.29 is 23.5 Å². The summed E-state index contributed by atoms with van der Waals surface area (Å²) in [5.41, 5.74) is 0.846. The van der Waals surface area contributed by atoms with E-state index in [1.165, 1.54) is 0 Å². The van der Waals surface area contributed by atoms with Gasteiger partial charge in [-0.15, -0.1) is 0 Å². The molecule has 1 aromatic heterocycles. The molecule has 0 saturated heterocycles. The van der Waals surface area contributed by atoms with Gasteiger partial charge in [-0.25, -0.2) is 0 Å². The number of benzene rings is 2. The molecule has 0 atom stereocenters. The van der Waals surface area contributed by atoms with Crippen molar-refractivity contribution in [2.45, 2.75) is 19.3 Å². The van der Waals surface area contributed by atoms with Gasteiger partial charge in [-0.1, -0.05) is 17.3 Å². The topological polar surface area (TPSA) is 95.7 Å². The van der Waals surface area contributed by atoms with Gasteiger partial charge in [0.15, 0.2) is 11.5 Å². The van der Waals surface area contributed by atoms with Crippen LogP contribution in [0.15, 0.2) is 53.1 Å². The van der Waals surface area contributed by atoms with E-state index in [0.29, 0.717) is 55.6 Å². The highest BCUT2D eigenvalue weighted by Gasteiger charge is 2.10. The lowest BCUT2D eigenvalue weighted by Gasteiger charge is -2.10. The molecule has 1 amide bonds. The standard InChI is InChI=1S/C22H25N3O5/c1-27-17-12-10-16(11-13-17)22-24-21(30-25-22)9-5-8-20(26)23-14-15-29-19-7-4-3-6-18(19)28-2/h3-4,6-7,10-13H,5,8-9,14-15H2,1-2H3,(H,23,26). The molecule has 0 aliphatic carbocycles. The van der Waals surface area contributed by atoms with E-state index in [4.69, 9.17) is 18.7 Å². The molecule has 0 aliphatic rings. The van der Waals surface area contributed by atoms with E-state index in [1.807, 2.05) is 48.5 Å². The minimum absolute atomic E-state index is 0.0477. The van der Waals surface area contributed by atoms with Crippen molar-refractivity contribution in [3.05, 3.63) is 54.4 Å². The first-order chi connectivity index (χ1) is 14.7. The molecule has 1 N–H and O–H groups in total. The number of rotatable bonds is 11. The number of methoxy groups -OCH3 is 2. The van der Waals surface area contributed by atoms with Gasteiger partial charge in [-0.3, -0.25) is 4.79 Å². The zero-order chi connectivity index (χ0) is 21.2. The van der Waals surface area contributed by atoms with Crippen LogP contribution in [0.3, 0.4) is 0 Å². The summed E-state index contributed by atoms with van der Waals surface area (Å²) in [6, 6.07) is 14.8. The minimum Gasteiger partial charge on any atom is -0.497 e. The number of para-hydroxylation sites is 2. The molecule has 1 heterocycles. The molecule has 8 nitrogen and oxygen atoms in total. The van der Waals surface area contributed by atoms with Gasteiger partial charge in [-0.05, 0) is 42.8 Å². The predicted octanol–water partition coefficient (Wildman–Crippen LogP) is 3.27. The zero-order valence-electron chi connectivity index (χ0n) is 17.1. The highest BCUT2D eigenvalue weighted by Crippen LogP contribution is 2.25.